The second-order valence-electron chi connectivity index (χ2n) is 5.12. The Hall–Kier alpha value is 0.330. The summed E-state index contributed by atoms with van der Waals surface area (Å²) in [6.07, 6.45) is 8.31. The molecule has 0 saturated heterocycles. The van der Waals surface area contributed by atoms with Crippen LogP contribution in [0, 0.1) is 12.3 Å². The minimum atomic E-state index is 0.462. The average molecular weight is 288 g/mol. The van der Waals surface area contributed by atoms with Crippen molar-refractivity contribution >= 4 is 35.7 Å². The molecule has 0 aromatic carbocycles. The molecule has 0 unspecified atom stereocenters. The molecule has 0 spiro atoms. The Bertz CT molecular complexity index is 340. The number of rotatable bonds is 4. The van der Waals surface area contributed by atoms with Crippen molar-refractivity contribution in [3.05, 3.63) is 11.1 Å². The van der Waals surface area contributed by atoms with E-state index < -0.39 is 0 Å². The number of nitrogens with zero attached hydrogens (tertiary/aromatic N) is 1. The van der Waals surface area contributed by atoms with Crippen LogP contribution in [0.15, 0.2) is 9.72 Å². The predicted octanol–water partition coefficient (Wildman–Crippen LogP) is 4.81. The van der Waals surface area contributed by atoms with Crippen LogP contribution in [-0.4, -0.2) is 16.5 Å². The molecule has 1 nitrogen and oxygen atoms in total. The summed E-state index contributed by atoms with van der Waals surface area (Å²) in [5.74, 6) is 2.23. The molecule has 4 heteroatoms. The Balaban J connectivity index is 1.93. The van der Waals surface area contributed by atoms with Gasteiger partial charge < -0.3 is 0 Å². The standard InChI is InChI=1S/C13H21NS3/c1-11-8-16-12(14-11)17-10-13(9-15)6-4-2-3-5-7-13/h8,15H,2-7,9-10H2,1H3. The second kappa shape index (κ2) is 6.48. The Morgan fingerprint density at radius 1 is 1.35 bits per heavy atom. The maximum absolute atomic E-state index is 4.62. The van der Waals surface area contributed by atoms with E-state index in [2.05, 4.69) is 29.9 Å². The minimum Gasteiger partial charge on any atom is -0.235 e. The largest absolute Gasteiger partial charge is 0.235 e. The second-order valence-corrected chi connectivity index (χ2v) is 7.51. The highest BCUT2D eigenvalue weighted by Gasteiger charge is 2.29. The smallest absolute Gasteiger partial charge is 0.150 e. The quantitative estimate of drug-likeness (QED) is 0.484. The fourth-order valence-corrected chi connectivity index (χ4v) is 5.16. The molecule has 1 aliphatic rings. The number of aryl methyl sites for hydroxylation is 1. The predicted molar refractivity (Wildman–Crippen MR) is 81.6 cm³/mol. The van der Waals surface area contributed by atoms with Gasteiger partial charge in [0.1, 0.15) is 4.34 Å². The van der Waals surface area contributed by atoms with Crippen LogP contribution in [0.3, 0.4) is 0 Å². The molecule has 1 aromatic heterocycles. The molecule has 0 atom stereocenters. The van der Waals surface area contributed by atoms with Gasteiger partial charge in [-0.3, -0.25) is 0 Å². The lowest BCUT2D eigenvalue weighted by molar-refractivity contribution is 0.332. The minimum absolute atomic E-state index is 0.462. The maximum atomic E-state index is 4.62. The van der Waals surface area contributed by atoms with Gasteiger partial charge >= 0.3 is 0 Å². The van der Waals surface area contributed by atoms with Crippen molar-refractivity contribution in [2.24, 2.45) is 5.41 Å². The van der Waals surface area contributed by atoms with E-state index in [1.807, 2.05) is 11.8 Å². The zero-order valence-corrected chi connectivity index (χ0v) is 13.0. The number of hydrogen-bond acceptors (Lipinski definition) is 4. The molecule has 0 amide bonds. The van der Waals surface area contributed by atoms with Gasteiger partial charge in [0.05, 0.1) is 0 Å². The number of thioether (sulfide) groups is 1. The molecular formula is C13H21NS3. The van der Waals surface area contributed by atoms with Gasteiger partial charge in [-0.2, -0.15) is 12.6 Å². The Labute approximate surface area is 118 Å². The molecule has 0 radical (unpaired) electrons. The summed E-state index contributed by atoms with van der Waals surface area (Å²) in [5, 5.41) is 2.14. The summed E-state index contributed by atoms with van der Waals surface area (Å²) < 4.78 is 1.23. The third-order valence-electron chi connectivity index (χ3n) is 3.60. The molecule has 0 aliphatic heterocycles. The number of thiol groups is 1. The van der Waals surface area contributed by atoms with E-state index in [0.29, 0.717) is 5.41 Å². The summed E-state index contributed by atoms with van der Waals surface area (Å²) in [6.45, 7) is 2.07. The summed E-state index contributed by atoms with van der Waals surface area (Å²) in [6, 6.07) is 0. The molecule has 2 rings (SSSR count). The van der Waals surface area contributed by atoms with Crippen LogP contribution in [0.25, 0.3) is 0 Å². The topological polar surface area (TPSA) is 12.9 Å². The van der Waals surface area contributed by atoms with Gasteiger partial charge in [-0.05, 0) is 30.9 Å². The fourth-order valence-electron chi connectivity index (χ4n) is 2.44. The molecule has 1 saturated carbocycles. The Morgan fingerprint density at radius 2 is 2.06 bits per heavy atom. The summed E-state index contributed by atoms with van der Waals surface area (Å²) >= 11 is 8.34. The van der Waals surface area contributed by atoms with Gasteiger partial charge in [-0.15, -0.1) is 11.3 Å². The molecule has 1 aromatic rings. The first-order chi connectivity index (χ1) is 8.24. The van der Waals surface area contributed by atoms with Crippen LogP contribution in [0.1, 0.15) is 44.2 Å². The van der Waals surface area contributed by atoms with Gasteiger partial charge in [0.15, 0.2) is 0 Å². The maximum Gasteiger partial charge on any atom is 0.150 e. The van der Waals surface area contributed by atoms with Gasteiger partial charge in [-0.25, -0.2) is 4.98 Å². The van der Waals surface area contributed by atoms with Crippen molar-refractivity contribution in [2.45, 2.75) is 49.8 Å². The first kappa shape index (κ1) is 13.8. The lowest BCUT2D eigenvalue weighted by Crippen LogP contribution is -2.25. The van der Waals surface area contributed by atoms with Gasteiger partial charge in [0, 0.05) is 16.8 Å². The van der Waals surface area contributed by atoms with Crippen LogP contribution in [0.4, 0.5) is 0 Å². The van der Waals surface area contributed by atoms with E-state index >= 15 is 0 Å². The van der Waals surface area contributed by atoms with Crippen molar-refractivity contribution in [1.82, 2.24) is 4.98 Å². The molecular weight excluding hydrogens is 266 g/mol. The molecule has 0 N–H and O–H groups in total. The molecule has 1 heterocycles. The highest BCUT2D eigenvalue weighted by Crippen LogP contribution is 2.40. The SMILES string of the molecule is Cc1csc(SCC2(CS)CCCCCC2)n1. The van der Waals surface area contributed by atoms with E-state index in [4.69, 9.17) is 0 Å². The van der Waals surface area contributed by atoms with Crippen LogP contribution in [0.2, 0.25) is 0 Å². The normalized spacial score (nSPS) is 20.1. The zero-order chi connectivity index (χ0) is 12.1. The van der Waals surface area contributed by atoms with Crippen molar-refractivity contribution in [3.8, 4) is 0 Å². The summed E-state index contributed by atoms with van der Waals surface area (Å²) in [4.78, 5) is 4.54. The Kier molecular flexibility index (Phi) is 5.25. The molecule has 96 valence electrons. The van der Waals surface area contributed by atoms with Crippen LogP contribution >= 0.6 is 35.7 Å². The Morgan fingerprint density at radius 3 is 2.59 bits per heavy atom. The third kappa shape index (κ3) is 3.90. The first-order valence-electron chi connectivity index (χ1n) is 6.40. The van der Waals surface area contributed by atoms with Crippen molar-refractivity contribution in [3.63, 3.8) is 0 Å². The van der Waals surface area contributed by atoms with E-state index in [1.54, 1.807) is 11.3 Å². The fraction of sp³-hybridized carbons (Fsp3) is 0.769. The van der Waals surface area contributed by atoms with E-state index in [9.17, 15) is 0 Å². The molecule has 1 aliphatic carbocycles. The monoisotopic (exact) mass is 287 g/mol. The molecule has 17 heavy (non-hydrogen) atoms. The number of hydrogen-bond donors (Lipinski definition) is 1. The van der Waals surface area contributed by atoms with E-state index in [0.717, 1.165) is 11.4 Å². The van der Waals surface area contributed by atoms with Gasteiger partial charge in [0.25, 0.3) is 0 Å². The molecule has 0 bridgehead atoms. The summed E-state index contributed by atoms with van der Waals surface area (Å²) in [5.41, 5.74) is 1.61. The van der Waals surface area contributed by atoms with Crippen LogP contribution in [0.5, 0.6) is 0 Å². The van der Waals surface area contributed by atoms with Crippen LogP contribution < -0.4 is 0 Å². The highest BCUT2D eigenvalue weighted by molar-refractivity contribution is 8.01. The first-order valence-corrected chi connectivity index (χ1v) is 8.90. The van der Waals surface area contributed by atoms with Crippen LogP contribution in [-0.2, 0) is 0 Å². The average Bonchev–Trinajstić information content (AvgIpc) is 2.63. The highest BCUT2D eigenvalue weighted by atomic mass is 32.2. The number of aromatic nitrogens is 1. The van der Waals surface area contributed by atoms with Gasteiger partial charge in [0.2, 0.25) is 0 Å². The van der Waals surface area contributed by atoms with Crippen molar-refractivity contribution in [2.75, 3.05) is 11.5 Å². The van der Waals surface area contributed by atoms with E-state index in [1.165, 1.54) is 48.6 Å². The molecule has 1 fully saturated rings. The van der Waals surface area contributed by atoms with Crippen molar-refractivity contribution in [1.29, 1.82) is 0 Å². The number of thiazole rings is 1. The summed E-state index contributed by atoms with van der Waals surface area (Å²) in [7, 11) is 0. The van der Waals surface area contributed by atoms with Crippen molar-refractivity contribution < 1.29 is 0 Å². The zero-order valence-electron chi connectivity index (χ0n) is 10.4. The van der Waals surface area contributed by atoms with E-state index in [-0.39, 0.29) is 0 Å². The van der Waals surface area contributed by atoms with Gasteiger partial charge in [-0.1, -0.05) is 37.4 Å². The lowest BCUT2D eigenvalue weighted by atomic mass is 9.84. The third-order valence-corrected chi connectivity index (χ3v) is 6.76. The lowest BCUT2D eigenvalue weighted by Gasteiger charge is -2.30.